The zero-order valence-corrected chi connectivity index (χ0v) is 15.7. The Bertz CT molecular complexity index is 557. The molecule has 0 amide bonds. The molecule has 1 aromatic carbocycles. The van der Waals surface area contributed by atoms with Crippen LogP contribution in [0.5, 0.6) is 0 Å². The molecule has 0 saturated carbocycles. The van der Waals surface area contributed by atoms with Gasteiger partial charge in [-0.15, -0.1) is 0 Å². The molecule has 0 spiro atoms. The summed E-state index contributed by atoms with van der Waals surface area (Å²) in [4.78, 5) is 4.23. The van der Waals surface area contributed by atoms with Crippen molar-refractivity contribution in [1.29, 1.82) is 0 Å². The van der Waals surface area contributed by atoms with Gasteiger partial charge in [0.25, 0.3) is 0 Å². The van der Waals surface area contributed by atoms with E-state index < -0.39 is 0 Å². The van der Waals surface area contributed by atoms with Gasteiger partial charge in [-0.2, -0.15) is 0 Å². The third-order valence-electron chi connectivity index (χ3n) is 4.91. The fourth-order valence-electron chi connectivity index (χ4n) is 3.45. The van der Waals surface area contributed by atoms with Crippen LogP contribution in [0.15, 0.2) is 43.0 Å². The second-order valence-corrected chi connectivity index (χ2v) is 7.40. The minimum atomic E-state index is 0.660. The summed E-state index contributed by atoms with van der Waals surface area (Å²) in [7, 11) is 0. The van der Waals surface area contributed by atoms with Gasteiger partial charge < -0.3 is 4.57 Å². The summed E-state index contributed by atoms with van der Waals surface area (Å²) in [6.07, 6.45) is 16.5. The maximum absolute atomic E-state index is 4.23. The summed E-state index contributed by atoms with van der Waals surface area (Å²) in [6.45, 7) is 6.95. The Morgan fingerprint density at radius 2 is 1.75 bits per heavy atom. The standard InChI is InChI=1S/C22H34N2/c1-4-5-6-7-8-11-20(15-14-19(2)3)21-12-9-10-13-22(21)24-17-16-23-18-24/h9-10,12-13,16-20H,4-8,11,14-15H2,1-3H3/t20-/m0/s1. The Morgan fingerprint density at radius 1 is 0.958 bits per heavy atom. The van der Waals surface area contributed by atoms with Crippen LogP contribution in [0.25, 0.3) is 5.69 Å². The van der Waals surface area contributed by atoms with Crippen LogP contribution in [0.1, 0.15) is 83.6 Å². The SMILES string of the molecule is CCCCCCC[C@@H](CCC(C)C)c1ccccc1-n1ccnc1. The number of imidazole rings is 1. The van der Waals surface area contributed by atoms with E-state index in [4.69, 9.17) is 0 Å². The van der Waals surface area contributed by atoms with Gasteiger partial charge in [0.05, 0.1) is 6.33 Å². The second-order valence-electron chi connectivity index (χ2n) is 7.40. The molecule has 0 aliphatic heterocycles. The Labute approximate surface area is 148 Å². The average molecular weight is 327 g/mol. The summed E-state index contributed by atoms with van der Waals surface area (Å²) in [5.41, 5.74) is 2.80. The quantitative estimate of drug-likeness (QED) is 0.417. The van der Waals surface area contributed by atoms with Gasteiger partial charge in [-0.25, -0.2) is 4.98 Å². The summed E-state index contributed by atoms with van der Waals surface area (Å²) < 4.78 is 2.16. The highest BCUT2D eigenvalue weighted by Gasteiger charge is 2.16. The predicted molar refractivity (Wildman–Crippen MR) is 104 cm³/mol. The number of aromatic nitrogens is 2. The molecule has 0 unspecified atom stereocenters. The number of para-hydroxylation sites is 1. The highest BCUT2D eigenvalue weighted by molar-refractivity contribution is 5.43. The molecule has 1 heterocycles. The van der Waals surface area contributed by atoms with E-state index in [2.05, 4.69) is 60.8 Å². The third-order valence-corrected chi connectivity index (χ3v) is 4.91. The van der Waals surface area contributed by atoms with Crippen LogP contribution < -0.4 is 0 Å². The van der Waals surface area contributed by atoms with Gasteiger partial charge in [0.1, 0.15) is 0 Å². The number of unbranched alkanes of at least 4 members (excludes halogenated alkanes) is 4. The molecule has 0 fully saturated rings. The third kappa shape index (κ3) is 5.81. The molecule has 0 bridgehead atoms. The van der Waals surface area contributed by atoms with Crippen LogP contribution in [0, 0.1) is 5.92 Å². The number of hydrogen-bond donors (Lipinski definition) is 0. The minimum absolute atomic E-state index is 0.660. The van der Waals surface area contributed by atoms with Crippen molar-refractivity contribution in [2.45, 2.75) is 78.1 Å². The topological polar surface area (TPSA) is 17.8 Å². The summed E-state index contributed by atoms with van der Waals surface area (Å²) in [5.74, 6) is 1.43. The van der Waals surface area contributed by atoms with Crippen molar-refractivity contribution in [2.24, 2.45) is 5.92 Å². The maximum Gasteiger partial charge on any atom is 0.0991 e. The van der Waals surface area contributed by atoms with E-state index in [9.17, 15) is 0 Å². The van der Waals surface area contributed by atoms with Crippen molar-refractivity contribution in [3.05, 3.63) is 48.5 Å². The smallest absolute Gasteiger partial charge is 0.0991 e. The Balaban J connectivity index is 2.10. The van der Waals surface area contributed by atoms with Crippen LogP contribution in [0.4, 0.5) is 0 Å². The first-order valence-electron chi connectivity index (χ1n) is 9.79. The van der Waals surface area contributed by atoms with Crippen molar-refractivity contribution in [2.75, 3.05) is 0 Å². The van der Waals surface area contributed by atoms with Gasteiger partial charge in [0.15, 0.2) is 0 Å². The van der Waals surface area contributed by atoms with Crippen LogP contribution in [0.3, 0.4) is 0 Å². The van der Waals surface area contributed by atoms with E-state index in [1.165, 1.54) is 62.6 Å². The predicted octanol–water partition coefficient (Wildman–Crippen LogP) is 6.75. The van der Waals surface area contributed by atoms with Crippen molar-refractivity contribution in [1.82, 2.24) is 9.55 Å². The molecule has 0 aliphatic rings. The number of hydrogen-bond acceptors (Lipinski definition) is 1. The van der Waals surface area contributed by atoms with Gasteiger partial charge in [-0.1, -0.05) is 77.5 Å². The molecule has 0 radical (unpaired) electrons. The van der Waals surface area contributed by atoms with Crippen molar-refractivity contribution in [3.8, 4) is 5.69 Å². The lowest BCUT2D eigenvalue weighted by Crippen LogP contribution is -2.06. The molecule has 1 aromatic heterocycles. The van der Waals surface area contributed by atoms with Crippen molar-refractivity contribution < 1.29 is 0 Å². The number of benzene rings is 1. The molecule has 1 atom stereocenters. The molecule has 2 nitrogen and oxygen atoms in total. The minimum Gasteiger partial charge on any atom is -0.306 e. The van der Waals surface area contributed by atoms with Gasteiger partial charge in [-0.05, 0) is 36.3 Å². The van der Waals surface area contributed by atoms with E-state index in [-0.39, 0.29) is 0 Å². The highest BCUT2D eigenvalue weighted by Crippen LogP contribution is 2.32. The van der Waals surface area contributed by atoms with Gasteiger partial charge in [-0.3, -0.25) is 0 Å². The lowest BCUT2D eigenvalue weighted by atomic mass is 9.86. The highest BCUT2D eigenvalue weighted by atomic mass is 15.0. The maximum atomic E-state index is 4.23. The molecule has 132 valence electrons. The molecule has 2 aromatic rings. The molecular weight excluding hydrogens is 292 g/mol. The van der Waals surface area contributed by atoms with Gasteiger partial charge in [0.2, 0.25) is 0 Å². The number of nitrogens with zero attached hydrogens (tertiary/aromatic N) is 2. The van der Waals surface area contributed by atoms with Crippen LogP contribution in [-0.4, -0.2) is 9.55 Å². The largest absolute Gasteiger partial charge is 0.306 e. The zero-order chi connectivity index (χ0) is 17.2. The molecule has 2 rings (SSSR count). The molecule has 0 N–H and O–H groups in total. The molecule has 24 heavy (non-hydrogen) atoms. The monoisotopic (exact) mass is 326 g/mol. The second kappa shape index (κ2) is 10.3. The normalized spacial score (nSPS) is 12.7. The first-order valence-corrected chi connectivity index (χ1v) is 9.79. The summed E-state index contributed by atoms with van der Waals surface area (Å²) >= 11 is 0. The van der Waals surface area contributed by atoms with Crippen molar-refractivity contribution >= 4 is 0 Å². The van der Waals surface area contributed by atoms with E-state index in [0.717, 1.165) is 5.92 Å². The molecule has 2 heteroatoms. The zero-order valence-electron chi connectivity index (χ0n) is 15.7. The van der Waals surface area contributed by atoms with Gasteiger partial charge >= 0.3 is 0 Å². The lowest BCUT2D eigenvalue weighted by Gasteiger charge is -2.22. The Morgan fingerprint density at radius 3 is 2.46 bits per heavy atom. The average Bonchev–Trinajstić information content (AvgIpc) is 3.11. The summed E-state index contributed by atoms with van der Waals surface area (Å²) in [6, 6.07) is 8.89. The van der Waals surface area contributed by atoms with E-state index in [1.54, 1.807) is 0 Å². The van der Waals surface area contributed by atoms with Crippen LogP contribution >= 0.6 is 0 Å². The summed E-state index contributed by atoms with van der Waals surface area (Å²) in [5, 5.41) is 0. The van der Waals surface area contributed by atoms with Crippen molar-refractivity contribution in [3.63, 3.8) is 0 Å². The molecular formula is C22H34N2. The Kier molecular flexibility index (Phi) is 8.07. The fraction of sp³-hybridized carbons (Fsp3) is 0.591. The lowest BCUT2D eigenvalue weighted by molar-refractivity contribution is 0.461. The van der Waals surface area contributed by atoms with Crippen LogP contribution in [-0.2, 0) is 0 Å². The van der Waals surface area contributed by atoms with Gasteiger partial charge in [0, 0.05) is 18.1 Å². The first kappa shape index (κ1) is 18.8. The molecule has 0 aliphatic carbocycles. The first-order chi connectivity index (χ1) is 11.7. The molecule has 0 saturated heterocycles. The van der Waals surface area contributed by atoms with E-state index in [0.29, 0.717) is 5.92 Å². The fourth-order valence-corrected chi connectivity index (χ4v) is 3.45. The van der Waals surface area contributed by atoms with E-state index >= 15 is 0 Å². The Hall–Kier alpha value is -1.57. The van der Waals surface area contributed by atoms with E-state index in [1.807, 2.05) is 12.5 Å². The van der Waals surface area contributed by atoms with Crippen LogP contribution in [0.2, 0.25) is 0 Å². The number of rotatable bonds is 11.